The topological polar surface area (TPSA) is 20.2 Å². The van der Waals surface area contributed by atoms with Gasteiger partial charge in [0.25, 0.3) is 0 Å². The van der Waals surface area contributed by atoms with E-state index in [9.17, 15) is 5.11 Å². The summed E-state index contributed by atoms with van der Waals surface area (Å²) >= 11 is 0. The van der Waals surface area contributed by atoms with Gasteiger partial charge in [0.15, 0.2) is 0 Å². The van der Waals surface area contributed by atoms with E-state index in [1.165, 1.54) is 37.7 Å². The molecule has 3 aliphatic carbocycles. The Labute approximate surface area is 186 Å². The molecular formula is C29H46O. The molecule has 1 nitrogen and oxygen atoms in total. The van der Waals surface area contributed by atoms with E-state index in [1.807, 2.05) is 0 Å². The molecule has 0 aromatic heterocycles. The number of hydrogen-bond donors (Lipinski definition) is 1. The van der Waals surface area contributed by atoms with Gasteiger partial charge in [0, 0.05) is 0 Å². The highest BCUT2D eigenvalue weighted by Gasteiger charge is 2.50. The smallest absolute Gasteiger partial charge is 0.0789 e. The summed E-state index contributed by atoms with van der Waals surface area (Å²) in [6, 6.07) is 0. The lowest BCUT2D eigenvalue weighted by Gasteiger charge is -2.44. The lowest BCUT2D eigenvalue weighted by atomic mass is 9.61. The molecule has 0 aromatic carbocycles. The second-order valence-corrected chi connectivity index (χ2v) is 11.5. The first-order valence-electron chi connectivity index (χ1n) is 12.6. The van der Waals surface area contributed by atoms with Gasteiger partial charge in [-0.1, -0.05) is 78.0 Å². The minimum Gasteiger partial charge on any atom is -0.388 e. The zero-order valence-electron chi connectivity index (χ0n) is 20.5. The van der Waals surface area contributed by atoms with Gasteiger partial charge >= 0.3 is 0 Å². The van der Waals surface area contributed by atoms with E-state index in [4.69, 9.17) is 0 Å². The molecular weight excluding hydrogens is 364 g/mol. The summed E-state index contributed by atoms with van der Waals surface area (Å²) in [4.78, 5) is 0. The number of allylic oxidation sites excluding steroid dienone is 5. The monoisotopic (exact) mass is 410 g/mol. The highest BCUT2D eigenvalue weighted by atomic mass is 16.3. The fourth-order valence-corrected chi connectivity index (χ4v) is 6.56. The molecule has 0 aliphatic heterocycles. The molecule has 30 heavy (non-hydrogen) atoms. The summed E-state index contributed by atoms with van der Waals surface area (Å²) in [5, 5.41) is 10.3. The second-order valence-electron chi connectivity index (χ2n) is 11.5. The van der Waals surface area contributed by atoms with Crippen LogP contribution in [0.2, 0.25) is 0 Å². The van der Waals surface area contributed by atoms with E-state index in [2.05, 4.69) is 72.4 Å². The molecule has 3 saturated carbocycles. The molecule has 7 unspecified atom stereocenters. The first-order chi connectivity index (χ1) is 14.1. The third-order valence-corrected chi connectivity index (χ3v) is 8.95. The van der Waals surface area contributed by atoms with Gasteiger partial charge < -0.3 is 5.11 Å². The average Bonchev–Trinajstić information content (AvgIpc) is 3.04. The van der Waals surface area contributed by atoms with Crippen molar-refractivity contribution in [3.8, 4) is 0 Å². The maximum Gasteiger partial charge on any atom is 0.0789 e. The number of aliphatic hydroxyl groups is 1. The van der Waals surface area contributed by atoms with E-state index in [0.717, 1.165) is 30.3 Å². The van der Waals surface area contributed by atoms with Gasteiger partial charge in [0.05, 0.1) is 6.10 Å². The van der Waals surface area contributed by atoms with Crippen LogP contribution in [0.4, 0.5) is 0 Å². The molecule has 7 atom stereocenters. The molecule has 0 amide bonds. The van der Waals surface area contributed by atoms with Crippen molar-refractivity contribution in [2.24, 2.45) is 40.9 Å². The molecule has 3 aliphatic rings. The maximum atomic E-state index is 10.3. The second kappa shape index (κ2) is 9.60. The molecule has 0 bridgehead atoms. The standard InChI is InChI=1S/C29H46O/c1-19(2)21(4)10-11-22(5)26-14-15-27-24(9-8-16-29(26,27)7)12-13-25-17-20(3)18-28(30)23(25)6/h10-13,19-22,26-28,30H,6,8-9,14-18H2,1-5,7H3. The number of rotatable bonds is 5. The van der Waals surface area contributed by atoms with E-state index in [-0.39, 0.29) is 6.10 Å². The summed E-state index contributed by atoms with van der Waals surface area (Å²) in [6.45, 7) is 18.4. The normalized spacial score (nSPS) is 39.8. The summed E-state index contributed by atoms with van der Waals surface area (Å²) < 4.78 is 0. The molecule has 0 spiro atoms. The molecule has 1 N–H and O–H groups in total. The van der Waals surface area contributed by atoms with Crippen molar-refractivity contribution < 1.29 is 5.11 Å². The minimum atomic E-state index is -0.355. The average molecular weight is 411 g/mol. The maximum absolute atomic E-state index is 10.3. The Bertz CT molecular complexity index is 708. The third kappa shape index (κ3) is 4.87. The summed E-state index contributed by atoms with van der Waals surface area (Å²) in [5.41, 5.74) is 4.32. The summed E-state index contributed by atoms with van der Waals surface area (Å²) in [5.74, 6) is 4.10. The highest BCUT2D eigenvalue weighted by molar-refractivity contribution is 5.38. The highest BCUT2D eigenvalue weighted by Crippen LogP contribution is 2.59. The Morgan fingerprint density at radius 3 is 2.53 bits per heavy atom. The first-order valence-corrected chi connectivity index (χ1v) is 12.6. The van der Waals surface area contributed by atoms with Crippen LogP contribution in [-0.4, -0.2) is 11.2 Å². The molecule has 0 saturated heterocycles. The Hall–Kier alpha value is -1.08. The predicted octanol–water partition coefficient (Wildman–Crippen LogP) is 7.89. The van der Waals surface area contributed by atoms with Gasteiger partial charge in [-0.25, -0.2) is 0 Å². The van der Waals surface area contributed by atoms with E-state index >= 15 is 0 Å². The summed E-state index contributed by atoms with van der Waals surface area (Å²) in [7, 11) is 0. The van der Waals surface area contributed by atoms with Gasteiger partial charge in [-0.3, -0.25) is 0 Å². The number of aliphatic hydroxyl groups excluding tert-OH is 1. The van der Waals surface area contributed by atoms with Crippen LogP contribution in [0.1, 0.15) is 86.5 Å². The quantitative estimate of drug-likeness (QED) is 0.457. The van der Waals surface area contributed by atoms with E-state index in [1.54, 1.807) is 5.57 Å². The Morgan fingerprint density at radius 2 is 1.83 bits per heavy atom. The molecule has 0 radical (unpaired) electrons. The molecule has 0 aromatic rings. The van der Waals surface area contributed by atoms with Gasteiger partial charge in [-0.05, 0) is 97.0 Å². The van der Waals surface area contributed by atoms with E-state index < -0.39 is 0 Å². The molecule has 1 heteroatoms. The van der Waals surface area contributed by atoms with Crippen LogP contribution in [-0.2, 0) is 0 Å². The molecule has 168 valence electrons. The van der Waals surface area contributed by atoms with Crippen LogP contribution in [0.15, 0.2) is 47.6 Å². The Balaban J connectivity index is 1.76. The van der Waals surface area contributed by atoms with Crippen molar-refractivity contribution in [3.05, 3.63) is 47.6 Å². The van der Waals surface area contributed by atoms with Crippen molar-refractivity contribution in [2.45, 2.75) is 92.6 Å². The first kappa shape index (κ1) is 23.6. The van der Waals surface area contributed by atoms with Gasteiger partial charge in [0.2, 0.25) is 0 Å². The zero-order valence-corrected chi connectivity index (χ0v) is 20.5. The number of fused-ring (bicyclic) bond motifs is 1. The lowest BCUT2D eigenvalue weighted by molar-refractivity contribution is 0.112. The third-order valence-electron chi connectivity index (χ3n) is 8.95. The van der Waals surface area contributed by atoms with Crippen molar-refractivity contribution >= 4 is 0 Å². The SMILES string of the molecule is C=C1C(=CC=C2CCCC3(C)C2CCC3C(C)C=CC(C)C(C)C)CC(C)CC1O. The Morgan fingerprint density at radius 1 is 1.10 bits per heavy atom. The fourth-order valence-electron chi connectivity index (χ4n) is 6.56. The van der Waals surface area contributed by atoms with Crippen molar-refractivity contribution in [1.82, 2.24) is 0 Å². The zero-order chi connectivity index (χ0) is 22.1. The van der Waals surface area contributed by atoms with Crippen LogP contribution in [0.25, 0.3) is 0 Å². The van der Waals surface area contributed by atoms with Gasteiger partial charge in [-0.2, -0.15) is 0 Å². The number of hydrogen-bond acceptors (Lipinski definition) is 1. The van der Waals surface area contributed by atoms with Crippen LogP contribution < -0.4 is 0 Å². The Kier molecular flexibility index (Phi) is 7.54. The van der Waals surface area contributed by atoms with E-state index in [0.29, 0.717) is 29.1 Å². The minimum absolute atomic E-state index is 0.355. The molecule has 3 fully saturated rings. The van der Waals surface area contributed by atoms with Crippen LogP contribution in [0.3, 0.4) is 0 Å². The van der Waals surface area contributed by atoms with Crippen molar-refractivity contribution in [2.75, 3.05) is 0 Å². The van der Waals surface area contributed by atoms with Gasteiger partial charge in [-0.15, -0.1) is 0 Å². The summed E-state index contributed by atoms with van der Waals surface area (Å²) in [6.07, 6.45) is 17.9. The predicted molar refractivity (Wildman–Crippen MR) is 130 cm³/mol. The van der Waals surface area contributed by atoms with Crippen LogP contribution in [0.5, 0.6) is 0 Å². The fraction of sp³-hybridized carbons (Fsp3) is 0.724. The van der Waals surface area contributed by atoms with Gasteiger partial charge in [0.1, 0.15) is 0 Å². The van der Waals surface area contributed by atoms with Crippen molar-refractivity contribution in [3.63, 3.8) is 0 Å². The van der Waals surface area contributed by atoms with Crippen LogP contribution >= 0.6 is 0 Å². The lowest BCUT2D eigenvalue weighted by Crippen LogP contribution is -2.35. The largest absolute Gasteiger partial charge is 0.388 e. The molecule has 3 rings (SSSR count). The molecule has 0 heterocycles. The van der Waals surface area contributed by atoms with Crippen molar-refractivity contribution in [1.29, 1.82) is 0 Å². The van der Waals surface area contributed by atoms with Crippen LogP contribution in [0, 0.1) is 40.9 Å².